The first-order valence-corrected chi connectivity index (χ1v) is 13.9. The molecule has 0 spiro atoms. The zero-order valence-corrected chi connectivity index (χ0v) is 23.2. The molecule has 0 unspecified atom stereocenters. The summed E-state index contributed by atoms with van der Waals surface area (Å²) in [6.07, 6.45) is 7.90. The molecule has 0 radical (unpaired) electrons. The molecule has 0 bridgehead atoms. The molecule has 39 heavy (non-hydrogen) atoms. The van der Waals surface area contributed by atoms with Gasteiger partial charge in [0, 0.05) is 31.2 Å². The van der Waals surface area contributed by atoms with Gasteiger partial charge in [-0.25, -0.2) is 10.2 Å². The third-order valence-corrected chi connectivity index (χ3v) is 7.79. The van der Waals surface area contributed by atoms with Crippen molar-refractivity contribution in [2.75, 3.05) is 11.9 Å². The molecule has 0 atom stereocenters. The summed E-state index contributed by atoms with van der Waals surface area (Å²) < 4.78 is 7.89. The number of Topliss-reactive ketones (excluding diaryl/α,β-unsaturated/α-hetero) is 1. The number of hydroxylamine groups is 1. The van der Waals surface area contributed by atoms with Crippen molar-refractivity contribution in [2.24, 2.45) is 11.1 Å². The lowest BCUT2D eigenvalue weighted by Crippen LogP contribution is -2.31. The number of ether oxygens (including phenoxy) is 1. The van der Waals surface area contributed by atoms with E-state index in [0.717, 1.165) is 74.0 Å². The van der Waals surface area contributed by atoms with E-state index >= 15 is 0 Å². The van der Waals surface area contributed by atoms with Crippen molar-refractivity contribution >= 4 is 23.3 Å². The van der Waals surface area contributed by atoms with Crippen LogP contribution in [0.2, 0.25) is 0 Å². The number of carbonyl (C=O) groups is 3. The first kappa shape index (κ1) is 28.8. The quantitative estimate of drug-likeness (QED) is 0.190. The van der Waals surface area contributed by atoms with Crippen molar-refractivity contribution in [3.63, 3.8) is 0 Å². The molecule has 1 saturated carbocycles. The molecule has 2 aromatic rings. The van der Waals surface area contributed by atoms with Gasteiger partial charge >= 0.3 is 0 Å². The molecule has 1 heterocycles. The molecule has 10 heteroatoms. The molecular weight excluding hydrogens is 498 g/mol. The lowest BCUT2D eigenvalue weighted by molar-refractivity contribution is -0.129. The zero-order valence-electron chi connectivity index (χ0n) is 23.2. The molecule has 2 amide bonds. The Hall–Kier alpha value is -3.24. The normalized spacial score (nSPS) is 20.4. The van der Waals surface area contributed by atoms with E-state index in [2.05, 4.69) is 19.2 Å². The van der Waals surface area contributed by atoms with Gasteiger partial charge in [-0.3, -0.25) is 19.6 Å². The fourth-order valence-corrected chi connectivity index (χ4v) is 5.82. The minimum absolute atomic E-state index is 0.130. The van der Waals surface area contributed by atoms with Gasteiger partial charge < -0.3 is 15.8 Å². The molecule has 1 aromatic heterocycles. The summed E-state index contributed by atoms with van der Waals surface area (Å²) in [5.41, 5.74) is 11.5. The van der Waals surface area contributed by atoms with E-state index in [1.165, 1.54) is 0 Å². The lowest BCUT2D eigenvalue weighted by atomic mass is 9.75. The summed E-state index contributed by atoms with van der Waals surface area (Å²) in [6, 6.07) is 5.67. The van der Waals surface area contributed by atoms with Crippen molar-refractivity contribution in [3.8, 4) is 5.69 Å². The number of nitrogens with zero attached hydrogens (tertiary/aromatic N) is 2. The summed E-state index contributed by atoms with van der Waals surface area (Å²) in [4.78, 5) is 36.1. The maximum absolute atomic E-state index is 12.9. The number of ketones is 1. The van der Waals surface area contributed by atoms with Gasteiger partial charge in [-0.1, -0.05) is 20.3 Å². The van der Waals surface area contributed by atoms with Crippen molar-refractivity contribution < 1.29 is 24.3 Å². The number of fused-ring (bicyclic) bond motifs is 1. The van der Waals surface area contributed by atoms with Crippen molar-refractivity contribution in [3.05, 3.63) is 40.7 Å². The number of nitrogens with one attached hydrogen (secondary N) is 2. The van der Waals surface area contributed by atoms with Gasteiger partial charge in [-0.2, -0.15) is 5.10 Å². The van der Waals surface area contributed by atoms with Gasteiger partial charge in [0.1, 0.15) is 0 Å². The molecule has 0 aliphatic heterocycles. The highest BCUT2D eigenvalue weighted by Gasteiger charge is 2.36. The summed E-state index contributed by atoms with van der Waals surface area (Å²) in [7, 11) is 0. The van der Waals surface area contributed by atoms with Crippen LogP contribution in [-0.4, -0.2) is 51.3 Å². The molecule has 2 aliphatic carbocycles. The molecule has 4 rings (SSSR count). The van der Waals surface area contributed by atoms with E-state index in [4.69, 9.17) is 20.8 Å². The first-order valence-electron chi connectivity index (χ1n) is 13.9. The maximum atomic E-state index is 12.9. The third kappa shape index (κ3) is 7.05. The number of aromatic nitrogens is 2. The summed E-state index contributed by atoms with van der Waals surface area (Å²) >= 11 is 0. The maximum Gasteiger partial charge on any atom is 0.250 e. The van der Waals surface area contributed by atoms with Gasteiger partial charge in [-0.05, 0) is 75.5 Å². The fraction of sp³-hybridized carbons (Fsp3) is 0.586. The van der Waals surface area contributed by atoms with Crippen LogP contribution in [0, 0.1) is 12.3 Å². The van der Waals surface area contributed by atoms with Crippen LogP contribution >= 0.6 is 0 Å². The number of carbonyl (C=O) groups excluding carboxylic acids is 3. The Kier molecular flexibility index (Phi) is 9.07. The number of hydrogen-bond donors (Lipinski definition) is 4. The highest BCUT2D eigenvalue weighted by atomic mass is 16.5. The molecule has 10 nitrogen and oxygen atoms in total. The lowest BCUT2D eigenvalue weighted by Gasteiger charge is -2.31. The van der Waals surface area contributed by atoms with Crippen LogP contribution < -0.4 is 16.5 Å². The largest absolute Gasteiger partial charge is 0.382 e. The number of aryl methyl sites for hydroxylation is 1. The van der Waals surface area contributed by atoms with Crippen LogP contribution in [-0.2, 0) is 16.0 Å². The second kappa shape index (κ2) is 12.3. The fourth-order valence-electron chi connectivity index (χ4n) is 5.82. The van der Waals surface area contributed by atoms with Gasteiger partial charge in [0.15, 0.2) is 5.78 Å². The predicted molar refractivity (Wildman–Crippen MR) is 147 cm³/mol. The molecule has 5 N–H and O–H groups in total. The summed E-state index contributed by atoms with van der Waals surface area (Å²) in [6.45, 7) is 6.73. The number of anilines is 1. The molecule has 2 aliphatic rings. The van der Waals surface area contributed by atoms with Crippen molar-refractivity contribution in [2.45, 2.75) is 97.1 Å². The molecule has 0 saturated heterocycles. The molecular formula is C29H41N5O5. The predicted octanol–water partition coefficient (Wildman–Crippen LogP) is 4.24. The van der Waals surface area contributed by atoms with Crippen LogP contribution in [0.5, 0.6) is 0 Å². The second-order valence-corrected chi connectivity index (χ2v) is 11.7. The van der Waals surface area contributed by atoms with Crippen LogP contribution in [0.3, 0.4) is 0 Å². The van der Waals surface area contributed by atoms with Crippen molar-refractivity contribution in [1.29, 1.82) is 0 Å². The molecule has 212 valence electrons. The Morgan fingerprint density at radius 3 is 2.59 bits per heavy atom. The van der Waals surface area contributed by atoms with E-state index < -0.39 is 5.91 Å². The molecule has 1 aromatic carbocycles. The van der Waals surface area contributed by atoms with Gasteiger partial charge in [0.25, 0.3) is 5.91 Å². The Morgan fingerprint density at radius 1 is 1.15 bits per heavy atom. The Morgan fingerprint density at radius 2 is 1.90 bits per heavy atom. The minimum atomic E-state index is -0.493. The number of nitrogens with two attached hydrogens (primary N) is 1. The minimum Gasteiger partial charge on any atom is -0.382 e. The van der Waals surface area contributed by atoms with Crippen LogP contribution in [0.25, 0.3) is 5.69 Å². The highest BCUT2D eigenvalue weighted by Crippen LogP contribution is 2.37. The van der Waals surface area contributed by atoms with Gasteiger partial charge in [0.2, 0.25) is 5.91 Å². The van der Waals surface area contributed by atoms with E-state index in [1.54, 1.807) is 11.5 Å². The van der Waals surface area contributed by atoms with E-state index in [-0.39, 0.29) is 29.3 Å². The number of rotatable bonds is 11. The number of benzene rings is 1. The standard InChI is InChI=1S/C29H41N5O5/c1-18-27-24(16-29(2,3)17-25(27)35)34(32-18)20-10-13-22(28(30)37)23(15-20)31-19-8-11-21(12-9-19)39-14-6-4-5-7-26(36)33-38/h10,13,15,19,21,31,38H,4-9,11-12,14,16-17H2,1-3H3,(H2,30,37)(H,33,36). The first-order chi connectivity index (χ1) is 18.6. The summed E-state index contributed by atoms with van der Waals surface area (Å²) in [5.74, 6) is -0.720. The van der Waals surface area contributed by atoms with Crippen LogP contribution in [0.4, 0.5) is 5.69 Å². The Balaban J connectivity index is 1.39. The van der Waals surface area contributed by atoms with Crippen molar-refractivity contribution in [1.82, 2.24) is 15.3 Å². The average molecular weight is 540 g/mol. The summed E-state index contributed by atoms with van der Waals surface area (Å²) in [5, 5.41) is 16.8. The zero-order chi connectivity index (χ0) is 28.2. The third-order valence-electron chi connectivity index (χ3n) is 7.79. The topological polar surface area (TPSA) is 149 Å². The van der Waals surface area contributed by atoms with E-state index in [1.807, 2.05) is 23.7 Å². The van der Waals surface area contributed by atoms with Crippen LogP contribution in [0.15, 0.2) is 18.2 Å². The van der Waals surface area contributed by atoms with Gasteiger partial charge in [0.05, 0.1) is 34.3 Å². The molecule has 1 fully saturated rings. The van der Waals surface area contributed by atoms with E-state index in [0.29, 0.717) is 30.7 Å². The average Bonchev–Trinajstić information content (AvgIpc) is 3.21. The van der Waals surface area contributed by atoms with Gasteiger partial charge in [-0.15, -0.1) is 0 Å². The monoisotopic (exact) mass is 539 g/mol. The van der Waals surface area contributed by atoms with Crippen LogP contribution in [0.1, 0.15) is 104 Å². The SMILES string of the molecule is Cc1nn(-c2ccc(C(N)=O)c(NC3CCC(OCCCCCC(=O)NO)CC3)c2)c2c1C(=O)CC(C)(C)C2. The Bertz CT molecular complexity index is 1210. The smallest absolute Gasteiger partial charge is 0.250 e. The van der Waals surface area contributed by atoms with E-state index in [9.17, 15) is 14.4 Å². The number of primary amides is 1. The number of unbranched alkanes of at least 4 members (excludes halogenated alkanes) is 2. The number of hydrogen-bond acceptors (Lipinski definition) is 7. The number of amides is 2. The highest BCUT2D eigenvalue weighted by molar-refractivity contribution is 6.00. The Labute approximate surface area is 229 Å². The second-order valence-electron chi connectivity index (χ2n) is 11.7.